The molecule has 1 unspecified atom stereocenters. The third-order valence-electron chi connectivity index (χ3n) is 6.88. The van der Waals surface area contributed by atoms with Gasteiger partial charge in [0.05, 0.1) is 12.5 Å². The largest absolute Gasteiger partial charge is 0.368 e. The van der Waals surface area contributed by atoms with E-state index >= 15 is 0 Å². The molecule has 5 rings (SSSR count). The fraction of sp³-hybridized carbons (Fsp3) is 0.286. The number of hydrogen-bond donors (Lipinski definition) is 0. The molecule has 5 nitrogen and oxygen atoms in total. The molecule has 0 N–H and O–H groups in total. The summed E-state index contributed by atoms with van der Waals surface area (Å²) < 4.78 is 13.2. The number of anilines is 1. The third kappa shape index (κ3) is 4.40. The second kappa shape index (κ2) is 9.29. The van der Waals surface area contributed by atoms with E-state index < -0.39 is 0 Å². The molecule has 1 atom stereocenters. The Kier molecular flexibility index (Phi) is 6.05. The van der Waals surface area contributed by atoms with E-state index in [-0.39, 0.29) is 30.1 Å². The number of piperazine rings is 1. The molecule has 174 valence electrons. The quantitative estimate of drug-likeness (QED) is 0.564. The van der Waals surface area contributed by atoms with Crippen LogP contribution in [0.2, 0.25) is 0 Å². The first-order valence-corrected chi connectivity index (χ1v) is 11.7. The molecule has 0 spiro atoms. The van der Waals surface area contributed by atoms with Gasteiger partial charge < -0.3 is 14.7 Å². The average Bonchev–Trinajstić information content (AvgIpc) is 3.20. The van der Waals surface area contributed by atoms with Gasteiger partial charge in [0.25, 0.3) is 5.91 Å². The van der Waals surface area contributed by atoms with Gasteiger partial charge in [0.15, 0.2) is 0 Å². The van der Waals surface area contributed by atoms with Gasteiger partial charge in [-0.1, -0.05) is 48.0 Å². The maximum absolute atomic E-state index is 13.4. The number of carbonyl (C=O) groups is 2. The third-order valence-corrected chi connectivity index (χ3v) is 6.88. The number of hydrogen-bond acceptors (Lipinski definition) is 3. The molecule has 3 aromatic rings. The van der Waals surface area contributed by atoms with E-state index in [1.807, 2.05) is 65.3 Å². The maximum atomic E-state index is 13.4. The van der Waals surface area contributed by atoms with Crippen LogP contribution in [0.3, 0.4) is 0 Å². The molecule has 2 amide bonds. The molecule has 0 aromatic heterocycles. The standard InChI is InChI=1S/C28H28FN3O2/c1-20-6-8-21(9-7-20)26(32-19-22-4-2-3-5-25(22)28(32)34)18-27(33)31-16-14-30(15-17-31)24-12-10-23(29)11-13-24/h2-13,26H,14-19H2,1H3. The Bertz CT molecular complexity index is 1190. The minimum atomic E-state index is -0.317. The van der Waals surface area contributed by atoms with Crippen LogP contribution in [0.25, 0.3) is 0 Å². The van der Waals surface area contributed by atoms with E-state index in [4.69, 9.17) is 0 Å². The molecule has 34 heavy (non-hydrogen) atoms. The Hall–Kier alpha value is -3.67. The van der Waals surface area contributed by atoms with Crippen LogP contribution in [-0.4, -0.2) is 47.8 Å². The van der Waals surface area contributed by atoms with Crippen molar-refractivity contribution >= 4 is 17.5 Å². The van der Waals surface area contributed by atoms with Gasteiger partial charge in [-0.3, -0.25) is 9.59 Å². The summed E-state index contributed by atoms with van der Waals surface area (Å²) in [5.41, 5.74) is 4.81. The highest BCUT2D eigenvalue weighted by molar-refractivity contribution is 5.98. The van der Waals surface area contributed by atoms with Gasteiger partial charge in [0.2, 0.25) is 5.91 Å². The maximum Gasteiger partial charge on any atom is 0.255 e. The van der Waals surface area contributed by atoms with Gasteiger partial charge in [-0.05, 0) is 48.4 Å². The average molecular weight is 458 g/mol. The van der Waals surface area contributed by atoms with E-state index in [1.165, 1.54) is 12.1 Å². The second-order valence-corrected chi connectivity index (χ2v) is 9.07. The van der Waals surface area contributed by atoms with E-state index in [1.54, 1.807) is 12.1 Å². The Labute approximate surface area is 199 Å². The Morgan fingerprint density at radius 1 is 0.912 bits per heavy atom. The number of fused-ring (bicyclic) bond motifs is 1. The minimum Gasteiger partial charge on any atom is -0.368 e. The fourth-order valence-corrected chi connectivity index (χ4v) is 4.89. The minimum absolute atomic E-state index is 0.0184. The van der Waals surface area contributed by atoms with Gasteiger partial charge in [0.1, 0.15) is 5.82 Å². The molecule has 2 aliphatic rings. The summed E-state index contributed by atoms with van der Waals surface area (Å²) in [7, 11) is 0. The van der Waals surface area contributed by atoms with Crippen molar-refractivity contribution in [3.05, 3.63) is 101 Å². The predicted molar refractivity (Wildman–Crippen MR) is 130 cm³/mol. The van der Waals surface area contributed by atoms with Gasteiger partial charge >= 0.3 is 0 Å². The fourth-order valence-electron chi connectivity index (χ4n) is 4.89. The molecule has 1 fully saturated rings. The van der Waals surface area contributed by atoms with Crippen molar-refractivity contribution in [1.29, 1.82) is 0 Å². The lowest BCUT2D eigenvalue weighted by atomic mass is 9.99. The highest BCUT2D eigenvalue weighted by Gasteiger charge is 2.35. The zero-order valence-electron chi connectivity index (χ0n) is 19.3. The van der Waals surface area contributed by atoms with Crippen LogP contribution in [0, 0.1) is 12.7 Å². The molecule has 3 aromatic carbocycles. The van der Waals surface area contributed by atoms with Crippen LogP contribution in [0.5, 0.6) is 0 Å². The first kappa shape index (κ1) is 22.1. The van der Waals surface area contributed by atoms with Crippen LogP contribution in [-0.2, 0) is 11.3 Å². The summed E-state index contributed by atoms with van der Waals surface area (Å²) in [6, 6.07) is 21.9. The van der Waals surface area contributed by atoms with Crippen molar-refractivity contribution in [3.63, 3.8) is 0 Å². The van der Waals surface area contributed by atoms with Crippen LogP contribution in [0.4, 0.5) is 10.1 Å². The molecule has 0 aliphatic carbocycles. The topological polar surface area (TPSA) is 43.9 Å². The van der Waals surface area contributed by atoms with Gasteiger partial charge in [-0.25, -0.2) is 4.39 Å². The van der Waals surface area contributed by atoms with E-state index in [0.29, 0.717) is 32.7 Å². The van der Waals surface area contributed by atoms with E-state index in [2.05, 4.69) is 4.90 Å². The lowest BCUT2D eigenvalue weighted by Crippen LogP contribution is -2.49. The van der Waals surface area contributed by atoms with Crippen LogP contribution < -0.4 is 4.90 Å². The molecule has 2 aliphatic heterocycles. The summed E-state index contributed by atoms with van der Waals surface area (Å²) in [5.74, 6) is -0.221. The number of nitrogens with zero attached hydrogens (tertiary/aromatic N) is 3. The summed E-state index contributed by atoms with van der Waals surface area (Å²) in [5, 5.41) is 0. The molecule has 2 heterocycles. The van der Waals surface area contributed by atoms with E-state index in [9.17, 15) is 14.0 Å². The van der Waals surface area contributed by atoms with Gasteiger partial charge in [-0.2, -0.15) is 0 Å². The van der Waals surface area contributed by atoms with Crippen molar-refractivity contribution in [3.8, 4) is 0 Å². The Morgan fingerprint density at radius 3 is 2.26 bits per heavy atom. The Morgan fingerprint density at radius 2 is 1.59 bits per heavy atom. The molecule has 0 saturated carbocycles. The monoisotopic (exact) mass is 457 g/mol. The molecule has 0 bridgehead atoms. The first-order valence-electron chi connectivity index (χ1n) is 11.7. The first-order chi connectivity index (χ1) is 16.5. The van der Waals surface area contributed by atoms with Gasteiger partial charge in [0, 0.05) is 44.0 Å². The molecular weight excluding hydrogens is 429 g/mol. The lowest BCUT2D eigenvalue weighted by Gasteiger charge is -2.37. The predicted octanol–water partition coefficient (Wildman–Crippen LogP) is 4.57. The smallest absolute Gasteiger partial charge is 0.255 e. The van der Waals surface area contributed by atoms with Crippen molar-refractivity contribution in [1.82, 2.24) is 9.80 Å². The summed E-state index contributed by atoms with van der Waals surface area (Å²) in [6.07, 6.45) is 0.249. The molecular formula is C28H28FN3O2. The van der Waals surface area contributed by atoms with E-state index in [0.717, 1.165) is 27.9 Å². The number of amides is 2. The SMILES string of the molecule is Cc1ccc(C(CC(=O)N2CCN(c3ccc(F)cc3)CC2)N2Cc3ccccc3C2=O)cc1. The van der Waals surface area contributed by atoms with Crippen LogP contribution in [0.1, 0.15) is 39.5 Å². The van der Waals surface area contributed by atoms with Crippen molar-refractivity contribution in [2.45, 2.75) is 25.9 Å². The van der Waals surface area contributed by atoms with Crippen molar-refractivity contribution in [2.75, 3.05) is 31.1 Å². The second-order valence-electron chi connectivity index (χ2n) is 9.07. The van der Waals surface area contributed by atoms with Crippen LogP contribution >= 0.6 is 0 Å². The summed E-state index contributed by atoms with van der Waals surface area (Å²) in [4.78, 5) is 32.5. The molecule has 0 radical (unpaired) electrons. The normalized spacial score (nSPS) is 16.5. The highest BCUT2D eigenvalue weighted by atomic mass is 19.1. The zero-order valence-corrected chi connectivity index (χ0v) is 19.3. The molecule has 1 saturated heterocycles. The summed E-state index contributed by atoms with van der Waals surface area (Å²) >= 11 is 0. The van der Waals surface area contributed by atoms with Crippen LogP contribution in [0.15, 0.2) is 72.8 Å². The lowest BCUT2D eigenvalue weighted by molar-refractivity contribution is -0.132. The zero-order chi connectivity index (χ0) is 23.7. The number of rotatable bonds is 5. The number of carbonyl (C=O) groups excluding carboxylic acids is 2. The molecule has 6 heteroatoms. The van der Waals surface area contributed by atoms with Gasteiger partial charge in [-0.15, -0.1) is 0 Å². The Balaban J connectivity index is 1.31. The van der Waals surface area contributed by atoms with Crippen molar-refractivity contribution in [2.24, 2.45) is 0 Å². The highest BCUT2D eigenvalue weighted by Crippen LogP contribution is 2.34. The summed E-state index contributed by atoms with van der Waals surface area (Å²) in [6.45, 7) is 5.14. The number of halogens is 1. The van der Waals surface area contributed by atoms with Crippen molar-refractivity contribution < 1.29 is 14.0 Å². The number of aryl methyl sites for hydroxylation is 1. The number of benzene rings is 3.